The third-order valence-electron chi connectivity index (χ3n) is 5.73. The van der Waals surface area contributed by atoms with Crippen LogP contribution in [-0.4, -0.2) is 0 Å². The second kappa shape index (κ2) is 2.04. The van der Waals surface area contributed by atoms with Crippen LogP contribution in [0.4, 0.5) is 0 Å². The van der Waals surface area contributed by atoms with E-state index in [1.165, 1.54) is 6.42 Å². The first-order chi connectivity index (χ1) is 6.13. The molecule has 0 radical (unpaired) electrons. The third kappa shape index (κ3) is 0.582. The maximum atomic E-state index is 3.91. The standard InChI is InChI=1S/C13H20/c1-5-6-13(4)11-7(2)9-8(3)12(13)10(9)11/h5,7-12H,1,6H2,2-4H3. The van der Waals surface area contributed by atoms with Gasteiger partial charge in [-0.3, -0.25) is 0 Å². The van der Waals surface area contributed by atoms with E-state index in [0.29, 0.717) is 5.41 Å². The summed E-state index contributed by atoms with van der Waals surface area (Å²) in [6.45, 7) is 11.4. The van der Waals surface area contributed by atoms with Gasteiger partial charge in [-0.05, 0) is 47.3 Å². The Morgan fingerprint density at radius 2 is 1.69 bits per heavy atom. The average Bonchev–Trinajstić information content (AvgIpc) is 2.00. The van der Waals surface area contributed by atoms with Gasteiger partial charge in [0.2, 0.25) is 0 Å². The Balaban J connectivity index is 1.89. The Labute approximate surface area is 81.4 Å². The van der Waals surface area contributed by atoms with E-state index in [0.717, 1.165) is 35.5 Å². The summed E-state index contributed by atoms with van der Waals surface area (Å²) >= 11 is 0. The highest BCUT2D eigenvalue weighted by molar-refractivity contribution is 5.26. The van der Waals surface area contributed by atoms with Gasteiger partial charge in [-0.15, -0.1) is 6.58 Å². The van der Waals surface area contributed by atoms with E-state index in [-0.39, 0.29) is 0 Å². The molecule has 4 atom stereocenters. The van der Waals surface area contributed by atoms with Crippen LogP contribution in [0, 0.1) is 40.9 Å². The van der Waals surface area contributed by atoms with Gasteiger partial charge >= 0.3 is 0 Å². The van der Waals surface area contributed by atoms with Crippen molar-refractivity contribution in [2.75, 3.05) is 0 Å². The van der Waals surface area contributed by atoms with Crippen LogP contribution in [0.15, 0.2) is 12.7 Å². The molecule has 13 heavy (non-hydrogen) atoms. The monoisotopic (exact) mass is 176 g/mol. The van der Waals surface area contributed by atoms with Gasteiger partial charge in [-0.25, -0.2) is 0 Å². The van der Waals surface area contributed by atoms with Crippen LogP contribution in [0.2, 0.25) is 0 Å². The molecule has 0 aromatic rings. The first kappa shape index (κ1) is 8.08. The van der Waals surface area contributed by atoms with Gasteiger partial charge in [-0.1, -0.05) is 26.8 Å². The van der Waals surface area contributed by atoms with Crippen molar-refractivity contribution < 1.29 is 0 Å². The number of hydrogen-bond acceptors (Lipinski definition) is 0. The molecule has 0 heterocycles. The Bertz CT molecular complexity index is 236. The quantitative estimate of drug-likeness (QED) is 0.566. The maximum absolute atomic E-state index is 3.91. The van der Waals surface area contributed by atoms with E-state index in [1.54, 1.807) is 0 Å². The van der Waals surface area contributed by atoms with E-state index in [4.69, 9.17) is 0 Å². The molecule has 0 aliphatic heterocycles. The molecule has 0 N–H and O–H groups in total. The summed E-state index contributed by atoms with van der Waals surface area (Å²) in [5.74, 6) is 6.36. The summed E-state index contributed by atoms with van der Waals surface area (Å²) in [6.07, 6.45) is 3.39. The smallest absolute Gasteiger partial charge is 0.0224 e. The summed E-state index contributed by atoms with van der Waals surface area (Å²) in [5.41, 5.74) is 0.639. The minimum absolute atomic E-state index is 0.639. The average molecular weight is 176 g/mol. The van der Waals surface area contributed by atoms with Crippen LogP contribution in [0.1, 0.15) is 27.2 Å². The molecule has 0 nitrogen and oxygen atoms in total. The zero-order chi connectivity index (χ0) is 9.38. The fourth-order valence-corrected chi connectivity index (χ4v) is 5.54. The highest BCUT2D eigenvalue weighted by Gasteiger charge is 2.78. The summed E-state index contributed by atoms with van der Waals surface area (Å²) in [4.78, 5) is 0. The van der Waals surface area contributed by atoms with Crippen molar-refractivity contribution >= 4 is 0 Å². The molecule has 72 valence electrons. The second-order valence-electron chi connectivity index (χ2n) is 5.92. The van der Waals surface area contributed by atoms with Gasteiger partial charge in [-0.2, -0.15) is 0 Å². The van der Waals surface area contributed by atoms with E-state index in [1.807, 2.05) is 0 Å². The second-order valence-corrected chi connectivity index (χ2v) is 5.92. The predicted octanol–water partition coefficient (Wildman–Crippen LogP) is 3.35. The lowest BCUT2D eigenvalue weighted by Crippen LogP contribution is -2.80. The van der Waals surface area contributed by atoms with Gasteiger partial charge in [0.25, 0.3) is 0 Å². The molecule has 0 aromatic carbocycles. The third-order valence-corrected chi connectivity index (χ3v) is 5.73. The van der Waals surface area contributed by atoms with Gasteiger partial charge < -0.3 is 0 Å². The Hall–Kier alpha value is -0.260. The number of allylic oxidation sites excluding steroid dienone is 1. The molecule has 3 aliphatic carbocycles. The highest BCUT2D eigenvalue weighted by atomic mass is 14.8. The van der Waals surface area contributed by atoms with Crippen molar-refractivity contribution in [2.24, 2.45) is 40.9 Å². The lowest BCUT2D eigenvalue weighted by molar-refractivity contribution is -0.368. The Morgan fingerprint density at radius 3 is 2.08 bits per heavy atom. The molecule has 0 amide bonds. The fraction of sp³-hybridized carbons (Fsp3) is 0.846. The molecule has 0 saturated heterocycles. The molecule has 3 aliphatic rings. The SMILES string of the molecule is C=CCC1(C)C2C(C)C3C(C)C1C32. The molecule has 0 aromatic heterocycles. The van der Waals surface area contributed by atoms with Gasteiger partial charge in [0, 0.05) is 0 Å². The molecule has 0 bridgehead atoms. The van der Waals surface area contributed by atoms with Crippen LogP contribution in [0.3, 0.4) is 0 Å². The Morgan fingerprint density at radius 1 is 1.15 bits per heavy atom. The topological polar surface area (TPSA) is 0 Å². The normalized spacial score (nSPS) is 67.0. The lowest BCUT2D eigenvalue weighted by Gasteiger charge is -2.84. The van der Waals surface area contributed by atoms with Gasteiger partial charge in [0.1, 0.15) is 0 Å². The minimum Gasteiger partial charge on any atom is -0.103 e. The first-order valence-electron chi connectivity index (χ1n) is 5.74. The van der Waals surface area contributed by atoms with Crippen LogP contribution in [0.5, 0.6) is 0 Å². The van der Waals surface area contributed by atoms with E-state index in [2.05, 4.69) is 33.4 Å². The largest absolute Gasteiger partial charge is 0.103 e. The number of hydrogen-bond donors (Lipinski definition) is 0. The van der Waals surface area contributed by atoms with Gasteiger partial charge in [0.05, 0.1) is 0 Å². The molecular formula is C13H20. The van der Waals surface area contributed by atoms with Gasteiger partial charge in [0.15, 0.2) is 0 Å². The van der Waals surface area contributed by atoms with Crippen molar-refractivity contribution in [2.45, 2.75) is 27.2 Å². The van der Waals surface area contributed by atoms with Crippen molar-refractivity contribution in [3.8, 4) is 0 Å². The minimum atomic E-state index is 0.639. The van der Waals surface area contributed by atoms with Crippen molar-refractivity contribution in [3.05, 3.63) is 12.7 Å². The molecule has 0 spiro atoms. The molecule has 3 fully saturated rings. The lowest BCUT2D eigenvalue weighted by atomic mass is 9.20. The molecular weight excluding hydrogens is 156 g/mol. The van der Waals surface area contributed by atoms with Crippen LogP contribution < -0.4 is 0 Å². The molecule has 0 heteroatoms. The summed E-state index contributed by atoms with van der Waals surface area (Å²) in [7, 11) is 0. The zero-order valence-corrected chi connectivity index (χ0v) is 8.96. The highest BCUT2D eigenvalue weighted by Crippen LogP contribution is 2.83. The maximum Gasteiger partial charge on any atom is -0.0224 e. The van der Waals surface area contributed by atoms with Crippen LogP contribution >= 0.6 is 0 Å². The van der Waals surface area contributed by atoms with E-state index < -0.39 is 0 Å². The van der Waals surface area contributed by atoms with Crippen LogP contribution in [-0.2, 0) is 0 Å². The Kier molecular flexibility index (Phi) is 1.27. The predicted molar refractivity (Wildman–Crippen MR) is 55.2 cm³/mol. The fourth-order valence-electron chi connectivity index (χ4n) is 5.54. The van der Waals surface area contributed by atoms with Crippen molar-refractivity contribution in [3.63, 3.8) is 0 Å². The zero-order valence-electron chi connectivity index (χ0n) is 8.96. The van der Waals surface area contributed by atoms with Crippen molar-refractivity contribution in [1.82, 2.24) is 0 Å². The summed E-state index contributed by atoms with van der Waals surface area (Å²) in [5, 5.41) is 0. The van der Waals surface area contributed by atoms with Crippen LogP contribution in [0.25, 0.3) is 0 Å². The van der Waals surface area contributed by atoms with E-state index >= 15 is 0 Å². The summed E-state index contributed by atoms with van der Waals surface area (Å²) < 4.78 is 0. The molecule has 4 unspecified atom stereocenters. The van der Waals surface area contributed by atoms with Crippen molar-refractivity contribution in [1.29, 1.82) is 0 Å². The van der Waals surface area contributed by atoms with E-state index in [9.17, 15) is 0 Å². The molecule has 3 saturated carbocycles. The molecule has 3 rings (SSSR count). The summed E-state index contributed by atoms with van der Waals surface area (Å²) in [6, 6.07) is 0. The first-order valence-corrected chi connectivity index (χ1v) is 5.74. The number of rotatable bonds is 2.